The SMILES string of the molecule is CCOC(=O)c1cc(=O)[nH]c(CBr)c1C(F)F. The lowest BCUT2D eigenvalue weighted by Crippen LogP contribution is -2.18. The monoisotopic (exact) mass is 309 g/mol. The molecule has 0 unspecified atom stereocenters. The molecule has 4 nitrogen and oxygen atoms in total. The fourth-order valence-corrected chi connectivity index (χ4v) is 1.80. The predicted molar refractivity (Wildman–Crippen MR) is 60.6 cm³/mol. The smallest absolute Gasteiger partial charge is 0.338 e. The number of alkyl halides is 3. The topological polar surface area (TPSA) is 59.2 Å². The van der Waals surface area contributed by atoms with E-state index in [9.17, 15) is 18.4 Å². The highest BCUT2D eigenvalue weighted by Crippen LogP contribution is 2.26. The number of ether oxygens (including phenoxy) is 1. The Morgan fingerprint density at radius 1 is 1.59 bits per heavy atom. The van der Waals surface area contributed by atoms with Crippen LogP contribution in [0.15, 0.2) is 10.9 Å². The summed E-state index contributed by atoms with van der Waals surface area (Å²) in [4.78, 5) is 24.9. The molecule has 17 heavy (non-hydrogen) atoms. The molecule has 1 heterocycles. The van der Waals surface area contributed by atoms with Gasteiger partial charge >= 0.3 is 5.97 Å². The van der Waals surface area contributed by atoms with E-state index >= 15 is 0 Å². The molecule has 0 atom stereocenters. The van der Waals surface area contributed by atoms with Crippen LogP contribution in [0.3, 0.4) is 0 Å². The van der Waals surface area contributed by atoms with Gasteiger partial charge in [0.25, 0.3) is 6.43 Å². The Hall–Kier alpha value is -1.24. The van der Waals surface area contributed by atoms with Crippen LogP contribution in [0.4, 0.5) is 8.78 Å². The number of pyridine rings is 1. The Morgan fingerprint density at radius 3 is 2.71 bits per heavy atom. The Labute approximate surface area is 104 Å². The van der Waals surface area contributed by atoms with Crippen molar-refractivity contribution in [1.82, 2.24) is 4.98 Å². The van der Waals surface area contributed by atoms with Gasteiger partial charge in [0.05, 0.1) is 17.7 Å². The summed E-state index contributed by atoms with van der Waals surface area (Å²) in [5.74, 6) is -0.920. The summed E-state index contributed by atoms with van der Waals surface area (Å²) < 4.78 is 30.3. The maximum atomic E-state index is 12.9. The second kappa shape index (κ2) is 5.90. The van der Waals surface area contributed by atoms with E-state index in [1.165, 1.54) is 0 Å². The molecule has 0 bridgehead atoms. The van der Waals surface area contributed by atoms with Crippen LogP contribution in [0.25, 0.3) is 0 Å². The minimum absolute atomic E-state index is 0.0180. The fourth-order valence-electron chi connectivity index (χ4n) is 1.36. The Balaban J connectivity index is 3.40. The lowest BCUT2D eigenvalue weighted by molar-refractivity contribution is 0.0514. The van der Waals surface area contributed by atoms with Crippen molar-refractivity contribution in [2.24, 2.45) is 0 Å². The normalized spacial score (nSPS) is 10.6. The third-order valence-corrected chi connectivity index (χ3v) is 2.57. The molecule has 1 rings (SSSR count). The van der Waals surface area contributed by atoms with Gasteiger partial charge in [-0.05, 0) is 6.92 Å². The Bertz CT molecular complexity index is 473. The van der Waals surface area contributed by atoms with Crippen LogP contribution in [0.5, 0.6) is 0 Å². The van der Waals surface area contributed by atoms with Gasteiger partial charge in [0.1, 0.15) is 0 Å². The minimum Gasteiger partial charge on any atom is -0.462 e. The molecule has 0 saturated heterocycles. The van der Waals surface area contributed by atoms with Crippen molar-refractivity contribution in [3.05, 3.63) is 33.2 Å². The predicted octanol–water partition coefficient (Wildman–Crippen LogP) is 2.38. The van der Waals surface area contributed by atoms with Crippen molar-refractivity contribution < 1.29 is 18.3 Å². The van der Waals surface area contributed by atoms with Gasteiger partial charge < -0.3 is 9.72 Å². The summed E-state index contributed by atoms with van der Waals surface area (Å²) in [6.45, 7) is 1.61. The standard InChI is InChI=1S/C10H10BrF2NO3/c1-2-17-10(16)5-3-7(15)14-6(4-11)8(5)9(12)13/h3,9H,2,4H2,1H3,(H,14,15). The maximum Gasteiger partial charge on any atom is 0.338 e. The summed E-state index contributed by atoms with van der Waals surface area (Å²) in [5, 5.41) is 0.0230. The molecule has 0 amide bonds. The van der Waals surface area contributed by atoms with E-state index in [4.69, 9.17) is 0 Å². The molecule has 0 aliphatic heterocycles. The van der Waals surface area contributed by atoms with E-state index in [2.05, 4.69) is 25.7 Å². The second-order valence-electron chi connectivity index (χ2n) is 3.09. The zero-order valence-corrected chi connectivity index (χ0v) is 10.5. The minimum atomic E-state index is -2.86. The van der Waals surface area contributed by atoms with Gasteiger partial charge in [-0.1, -0.05) is 15.9 Å². The first kappa shape index (κ1) is 13.8. The quantitative estimate of drug-likeness (QED) is 0.686. The van der Waals surface area contributed by atoms with Crippen molar-refractivity contribution in [1.29, 1.82) is 0 Å². The molecule has 0 aliphatic carbocycles. The summed E-state index contributed by atoms with van der Waals surface area (Å²) in [7, 11) is 0. The Kier molecular flexibility index (Phi) is 4.80. The molecule has 0 aliphatic rings. The molecule has 94 valence electrons. The van der Waals surface area contributed by atoms with Crippen LogP contribution >= 0.6 is 15.9 Å². The van der Waals surface area contributed by atoms with Crippen LogP contribution < -0.4 is 5.56 Å². The number of aromatic nitrogens is 1. The largest absolute Gasteiger partial charge is 0.462 e. The van der Waals surface area contributed by atoms with E-state index < -0.39 is 23.5 Å². The number of carbonyl (C=O) groups excluding carboxylic acids is 1. The second-order valence-corrected chi connectivity index (χ2v) is 3.66. The number of halogens is 3. The van der Waals surface area contributed by atoms with E-state index in [0.717, 1.165) is 6.07 Å². The van der Waals surface area contributed by atoms with Crippen molar-refractivity contribution in [2.75, 3.05) is 6.61 Å². The Morgan fingerprint density at radius 2 is 2.24 bits per heavy atom. The van der Waals surface area contributed by atoms with E-state index in [-0.39, 0.29) is 23.2 Å². The first-order chi connectivity index (χ1) is 8.01. The number of hydrogen-bond acceptors (Lipinski definition) is 3. The first-order valence-corrected chi connectivity index (χ1v) is 5.90. The number of carbonyl (C=O) groups is 1. The zero-order chi connectivity index (χ0) is 13.0. The summed E-state index contributed by atoms with van der Waals surface area (Å²) >= 11 is 2.98. The number of H-pyrrole nitrogens is 1. The summed E-state index contributed by atoms with van der Waals surface area (Å²) in [6, 6.07) is 0.825. The van der Waals surface area contributed by atoms with Crippen molar-refractivity contribution in [3.63, 3.8) is 0 Å². The highest BCUT2D eigenvalue weighted by molar-refractivity contribution is 9.08. The average Bonchev–Trinajstić information content (AvgIpc) is 2.27. The van der Waals surface area contributed by atoms with E-state index in [1.807, 2.05) is 0 Å². The summed E-state index contributed by atoms with van der Waals surface area (Å²) in [6.07, 6.45) is -2.86. The van der Waals surface area contributed by atoms with Crippen molar-refractivity contribution >= 4 is 21.9 Å². The molecular formula is C10H10BrF2NO3. The number of hydrogen-bond donors (Lipinski definition) is 1. The molecule has 0 saturated carbocycles. The van der Waals surface area contributed by atoms with Gasteiger partial charge in [0.2, 0.25) is 5.56 Å². The number of nitrogens with one attached hydrogen (secondary N) is 1. The van der Waals surface area contributed by atoms with Crippen molar-refractivity contribution in [2.45, 2.75) is 18.7 Å². The molecule has 0 spiro atoms. The third-order valence-electron chi connectivity index (χ3n) is 2.01. The lowest BCUT2D eigenvalue weighted by atomic mass is 10.1. The lowest BCUT2D eigenvalue weighted by Gasteiger charge is -2.11. The molecule has 1 aromatic rings. The molecule has 1 aromatic heterocycles. The molecule has 0 radical (unpaired) electrons. The van der Waals surface area contributed by atoms with Crippen LogP contribution in [0.2, 0.25) is 0 Å². The third kappa shape index (κ3) is 3.12. The highest BCUT2D eigenvalue weighted by Gasteiger charge is 2.23. The molecule has 0 fully saturated rings. The molecular weight excluding hydrogens is 300 g/mol. The van der Waals surface area contributed by atoms with Gasteiger partial charge in [0.15, 0.2) is 0 Å². The van der Waals surface area contributed by atoms with Gasteiger partial charge in [-0.15, -0.1) is 0 Å². The first-order valence-electron chi connectivity index (χ1n) is 4.78. The van der Waals surface area contributed by atoms with Crippen LogP contribution in [0, 0.1) is 0 Å². The number of esters is 1. The summed E-state index contributed by atoms with van der Waals surface area (Å²) in [5.41, 5.74) is -1.53. The highest BCUT2D eigenvalue weighted by atomic mass is 79.9. The molecule has 0 aromatic carbocycles. The van der Waals surface area contributed by atoms with Crippen LogP contribution in [0.1, 0.15) is 35.0 Å². The van der Waals surface area contributed by atoms with Gasteiger partial charge in [0, 0.05) is 17.1 Å². The van der Waals surface area contributed by atoms with Crippen LogP contribution in [-0.2, 0) is 10.1 Å². The van der Waals surface area contributed by atoms with Gasteiger partial charge in [-0.3, -0.25) is 4.79 Å². The molecule has 7 heteroatoms. The van der Waals surface area contributed by atoms with Crippen molar-refractivity contribution in [3.8, 4) is 0 Å². The number of rotatable bonds is 4. The van der Waals surface area contributed by atoms with E-state index in [1.54, 1.807) is 6.92 Å². The van der Waals surface area contributed by atoms with E-state index in [0.29, 0.717) is 0 Å². The average molecular weight is 310 g/mol. The van der Waals surface area contributed by atoms with Crippen LogP contribution in [-0.4, -0.2) is 17.6 Å². The van der Waals surface area contributed by atoms with Gasteiger partial charge in [-0.2, -0.15) is 0 Å². The van der Waals surface area contributed by atoms with Gasteiger partial charge in [-0.25, -0.2) is 13.6 Å². The number of aromatic amines is 1. The molecule has 1 N–H and O–H groups in total. The maximum absolute atomic E-state index is 12.9. The fraction of sp³-hybridized carbons (Fsp3) is 0.400. The zero-order valence-electron chi connectivity index (χ0n) is 8.93.